The first kappa shape index (κ1) is 17.1. The Morgan fingerprint density at radius 3 is 2.52 bits per heavy atom. The normalized spacial score (nSPS) is 20.7. The number of ether oxygens (including phenoxy) is 3. The molecule has 1 aromatic rings. The second kappa shape index (κ2) is 7.31. The van der Waals surface area contributed by atoms with Crippen LogP contribution in [-0.4, -0.2) is 32.9 Å². The maximum Gasteiger partial charge on any atom is 0.169 e. The molecule has 23 heavy (non-hydrogen) atoms. The Morgan fingerprint density at radius 1 is 1.22 bits per heavy atom. The van der Waals surface area contributed by atoms with E-state index in [4.69, 9.17) is 14.2 Å². The fourth-order valence-corrected chi connectivity index (χ4v) is 3.00. The molecule has 0 spiro atoms. The van der Waals surface area contributed by atoms with Gasteiger partial charge in [-0.2, -0.15) is 0 Å². The van der Waals surface area contributed by atoms with Crippen molar-refractivity contribution < 1.29 is 23.8 Å². The summed E-state index contributed by atoms with van der Waals surface area (Å²) in [5.74, 6) is 1.71. The summed E-state index contributed by atoms with van der Waals surface area (Å²) in [6, 6.07) is 5.36. The molecule has 1 aromatic carbocycles. The number of hydrogen-bond acceptors (Lipinski definition) is 5. The van der Waals surface area contributed by atoms with Gasteiger partial charge in [-0.25, -0.2) is 0 Å². The van der Waals surface area contributed by atoms with Crippen LogP contribution in [0.25, 0.3) is 0 Å². The molecule has 0 bridgehead atoms. The third kappa shape index (κ3) is 3.23. The first-order chi connectivity index (χ1) is 11.1. The van der Waals surface area contributed by atoms with Gasteiger partial charge in [0, 0.05) is 18.9 Å². The van der Waals surface area contributed by atoms with Crippen molar-refractivity contribution in [3.63, 3.8) is 0 Å². The first-order valence-corrected chi connectivity index (χ1v) is 7.65. The molecule has 0 radical (unpaired) electrons. The molecular formula is C18H22O5. The lowest BCUT2D eigenvalue weighted by molar-refractivity contribution is -0.124. The number of carbonyl (C=O) groups excluding carboxylic acids is 2. The largest absolute Gasteiger partial charge is 0.498 e. The van der Waals surface area contributed by atoms with Crippen LogP contribution < -0.4 is 9.47 Å². The molecular weight excluding hydrogens is 296 g/mol. The Balaban J connectivity index is 2.46. The van der Waals surface area contributed by atoms with Crippen LogP contribution in [0.1, 0.15) is 31.7 Å². The molecule has 0 N–H and O–H groups in total. The molecule has 1 aliphatic rings. The summed E-state index contributed by atoms with van der Waals surface area (Å²) in [5.41, 5.74) is -0.0962. The van der Waals surface area contributed by atoms with Crippen molar-refractivity contribution in [1.29, 1.82) is 0 Å². The van der Waals surface area contributed by atoms with Gasteiger partial charge in [-0.05, 0) is 31.0 Å². The van der Waals surface area contributed by atoms with Gasteiger partial charge in [0.15, 0.2) is 17.3 Å². The van der Waals surface area contributed by atoms with Gasteiger partial charge in [0.25, 0.3) is 0 Å². The zero-order valence-corrected chi connectivity index (χ0v) is 13.8. The molecule has 5 heteroatoms. The molecule has 0 aliphatic heterocycles. The van der Waals surface area contributed by atoms with Gasteiger partial charge in [0.2, 0.25) is 0 Å². The SMILES string of the molecule is CCOC1=CC(=O)[C@](CC=O)(c2ccc(OC)c(OC)c2)CC1. The van der Waals surface area contributed by atoms with E-state index >= 15 is 0 Å². The smallest absolute Gasteiger partial charge is 0.169 e. The maximum absolute atomic E-state index is 12.8. The van der Waals surface area contributed by atoms with Gasteiger partial charge in [-0.15, -0.1) is 0 Å². The molecule has 0 heterocycles. The summed E-state index contributed by atoms with van der Waals surface area (Å²) in [6.45, 7) is 2.41. The fraction of sp³-hybridized carbons (Fsp3) is 0.444. The van der Waals surface area contributed by atoms with Crippen LogP contribution >= 0.6 is 0 Å². The minimum atomic E-state index is -0.859. The topological polar surface area (TPSA) is 61.8 Å². The monoisotopic (exact) mass is 318 g/mol. The van der Waals surface area contributed by atoms with Crippen molar-refractivity contribution in [2.24, 2.45) is 0 Å². The molecule has 0 fully saturated rings. The minimum Gasteiger partial charge on any atom is -0.498 e. The highest BCUT2D eigenvalue weighted by molar-refractivity contribution is 6.01. The predicted molar refractivity (Wildman–Crippen MR) is 85.9 cm³/mol. The van der Waals surface area contributed by atoms with Crippen molar-refractivity contribution in [2.45, 2.75) is 31.6 Å². The van der Waals surface area contributed by atoms with Crippen LogP contribution in [0.4, 0.5) is 0 Å². The average Bonchev–Trinajstić information content (AvgIpc) is 2.57. The minimum absolute atomic E-state index is 0.105. The molecule has 0 saturated heterocycles. The van der Waals surface area contributed by atoms with Crippen LogP contribution in [0, 0.1) is 0 Å². The van der Waals surface area contributed by atoms with Gasteiger partial charge in [0.1, 0.15) is 6.29 Å². The highest BCUT2D eigenvalue weighted by Crippen LogP contribution is 2.41. The van der Waals surface area contributed by atoms with E-state index in [1.165, 1.54) is 6.08 Å². The summed E-state index contributed by atoms with van der Waals surface area (Å²) in [7, 11) is 3.10. The summed E-state index contributed by atoms with van der Waals surface area (Å²) in [6.07, 6.45) is 3.62. The summed E-state index contributed by atoms with van der Waals surface area (Å²) in [5, 5.41) is 0. The third-order valence-electron chi connectivity index (χ3n) is 4.26. The van der Waals surface area contributed by atoms with Crippen molar-refractivity contribution in [2.75, 3.05) is 20.8 Å². The summed E-state index contributed by atoms with van der Waals surface area (Å²) >= 11 is 0. The number of carbonyl (C=O) groups is 2. The van der Waals surface area contributed by atoms with E-state index in [-0.39, 0.29) is 12.2 Å². The second-order valence-corrected chi connectivity index (χ2v) is 5.43. The Bertz CT molecular complexity index is 620. The van der Waals surface area contributed by atoms with E-state index in [2.05, 4.69) is 0 Å². The van der Waals surface area contributed by atoms with E-state index in [9.17, 15) is 9.59 Å². The van der Waals surface area contributed by atoms with E-state index < -0.39 is 5.41 Å². The van der Waals surface area contributed by atoms with Crippen molar-refractivity contribution >= 4 is 12.1 Å². The second-order valence-electron chi connectivity index (χ2n) is 5.43. The number of aldehydes is 1. The number of benzene rings is 1. The lowest BCUT2D eigenvalue weighted by Gasteiger charge is -2.34. The van der Waals surface area contributed by atoms with Crippen LogP contribution in [-0.2, 0) is 19.7 Å². The molecule has 5 nitrogen and oxygen atoms in total. The number of rotatable bonds is 7. The quantitative estimate of drug-likeness (QED) is 0.723. The highest BCUT2D eigenvalue weighted by atomic mass is 16.5. The predicted octanol–water partition coefficient (Wildman–Crippen LogP) is 2.81. The van der Waals surface area contributed by atoms with Gasteiger partial charge in [-0.3, -0.25) is 4.79 Å². The summed E-state index contributed by atoms with van der Waals surface area (Å²) in [4.78, 5) is 24.0. The number of hydrogen-bond donors (Lipinski definition) is 0. The highest BCUT2D eigenvalue weighted by Gasteiger charge is 2.41. The molecule has 0 saturated carbocycles. The fourth-order valence-electron chi connectivity index (χ4n) is 3.00. The van der Waals surface area contributed by atoms with Crippen molar-refractivity contribution in [1.82, 2.24) is 0 Å². The zero-order valence-electron chi connectivity index (χ0n) is 13.8. The number of methoxy groups -OCH3 is 2. The van der Waals surface area contributed by atoms with Crippen LogP contribution in [0.5, 0.6) is 11.5 Å². The molecule has 0 amide bonds. The van der Waals surface area contributed by atoms with Crippen LogP contribution in [0.15, 0.2) is 30.0 Å². The lowest BCUT2D eigenvalue weighted by atomic mass is 9.68. The van der Waals surface area contributed by atoms with Gasteiger partial charge < -0.3 is 19.0 Å². The van der Waals surface area contributed by atoms with E-state index in [1.54, 1.807) is 26.4 Å². The Morgan fingerprint density at radius 2 is 1.96 bits per heavy atom. The standard InChI is InChI=1S/C18H22O5/c1-4-23-14-7-8-18(9-10-19,17(20)12-14)13-5-6-15(21-2)16(11-13)22-3/h5-6,10-12H,4,7-9H2,1-3H3/t18-/m1/s1. The molecule has 0 aromatic heterocycles. The summed E-state index contributed by atoms with van der Waals surface area (Å²) < 4.78 is 16.0. The van der Waals surface area contributed by atoms with Gasteiger partial charge >= 0.3 is 0 Å². The molecule has 0 unspecified atom stereocenters. The van der Waals surface area contributed by atoms with E-state index in [1.807, 2.05) is 13.0 Å². The Kier molecular flexibility index (Phi) is 5.42. The van der Waals surface area contributed by atoms with E-state index in [0.29, 0.717) is 36.7 Å². The first-order valence-electron chi connectivity index (χ1n) is 7.65. The van der Waals surface area contributed by atoms with E-state index in [0.717, 1.165) is 11.8 Å². The molecule has 124 valence electrons. The lowest BCUT2D eigenvalue weighted by Crippen LogP contribution is -2.38. The zero-order chi connectivity index (χ0) is 16.9. The number of ketones is 1. The maximum atomic E-state index is 12.8. The van der Waals surface area contributed by atoms with Crippen molar-refractivity contribution in [3.8, 4) is 11.5 Å². The third-order valence-corrected chi connectivity index (χ3v) is 4.26. The molecule has 2 rings (SSSR count). The van der Waals surface area contributed by atoms with Gasteiger partial charge in [0.05, 0.1) is 32.0 Å². The molecule has 1 atom stereocenters. The molecule has 1 aliphatic carbocycles. The average molecular weight is 318 g/mol. The van der Waals surface area contributed by atoms with Crippen LogP contribution in [0.3, 0.4) is 0 Å². The van der Waals surface area contributed by atoms with Gasteiger partial charge in [-0.1, -0.05) is 6.07 Å². The Labute approximate surface area is 136 Å². The number of allylic oxidation sites excluding steroid dienone is 2. The van der Waals surface area contributed by atoms with Crippen molar-refractivity contribution in [3.05, 3.63) is 35.6 Å². The van der Waals surface area contributed by atoms with Crippen LogP contribution in [0.2, 0.25) is 0 Å². The Hall–Kier alpha value is -2.30.